The summed E-state index contributed by atoms with van der Waals surface area (Å²) in [6.07, 6.45) is 2.06. The smallest absolute Gasteiger partial charge is 0.1000 e. The van der Waals surface area contributed by atoms with Crippen molar-refractivity contribution in [1.82, 2.24) is 14.8 Å². The van der Waals surface area contributed by atoms with Crippen LogP contribution in [0.3, 0.4) is 0 Å². The molecule has 0 saturated carbocycles. The van der Waals surface area contributed by atoms with Crippen LogP contribution in [0.15, 0.2) is 48.7 Å². The molecule has 0 aliphatic rings. The van der Waals surface area contributed by atoms with Crippen LogP contribution in [0.2, 0.25) is 0 Å². The zero-order chi connectivity index (χ0) is 13.7. The minimum atomic E-state index is 0.751. The number of aromatic amines is 1. The predicted molar refractivity (Wildman–Crippen MR) is 82.4 cm³/mol. The van der Waals surface area contributed by atoms with E-state index in [1.165, 1.54) is 10.9 Å². The lowest BCUT2D eigenvalue weighted by Gasteiger charge is -2.01. The summed E-state index contributed by atoms with van der Waals surface area (Å²) in [6, 6.07) is 14.3. The highest BCUT2D eigenvalue weighted by Gasteiger charge is 2.09. The normalized spacial score (nSPS) is 11.4. The molecule has 0 aliphatic heterocycles. The number of benzene rings is 2. The number of fused-ring (bicyclic) bond motifs is 2. The van der Waals surface area contributed by atoms with E-state index in [-0.39, 0.29) is 0 Å². The minimum absolute atomic E-state index is 0.751. The number of aryl methyl sites for hydroxylation is 1. The van der Waals surface area contributed by atoms with Crippen molar-refractivity contribution in [2.24, 2.45) is 7.05 Å². The maximum atomic E-state index is 5.88. The van der Waals surface area contributed by atoms with Crippen LogP contribution in [0.1, 0.15) is 0 Å². The molecule has 0 aliphatic carbocycles. The van der Waals surface area contributed by atoms with E-state index in [2.05, 4.69) is 45.2 Å². The van der Waals surface area contributed by atoms with Gasteiger partial charge in [0.05, 0.1) is 11.2 Å². The van der Waals surface area contributed by atoms with Crippen LogP contribution in [-0.4, -0.2) is 14.8 Å². The molecule has 0 saturated heterocycles. The van der Waals surface area contributed by atoms with Crippen LogP contribution < -0.4 is 5.73 Å². The summed E-state index contributed by atoms with van der Waals surface area (Å²) in [4.78, 5) is 0. The number of hydrogen-bond donors (Lipinski definition) is 2. The third-order valence-electron chi connectivity index (χ3n) is 3.75. The van der Waals surface area contributed by atoms with E-state index in [0.29, 0.717) is 0 Å². The molecule has 0 spiro atoms. The maximum absolute atomic E-state index is 5.88. The maximum Gasteiger partial charge on any atom is 0.1000 e. The van der Waals surface area contributed by atoms with Gasteiger partial charge in [0, 0.05) is 40.8 Å². The fourth-order valence-corrected chi connectivity index (χ4v) is 2.68. The molecule has 2 heterocycles. The van der Waals surface area contributed by atoms with Crippen LogP contribution >= 0.6 is 0 Å². The number of hydrogen-bond acceptors (Lipinski definition) is 2. The van der Waals surface area contributed by atoms with Gasteiger partial charge in [-0.15, -0.1) is 0 Å². The number of nitrogens with two attached hydrogens (primary N) is 1. The molecule has 3 N–H and O–H groups in total. The Kier molecular flexibility index (Phi) is 2.15. The molecular formula is C16H14N4. The summed E-state index contributed by atoms with van der Waals surface area (Å²) >= 11 is 0. The number of nitrogens with one attached hydrogen (secondary N) is 1. The lowest BCUT2D eigenvalue weighted by atomic mass is 10.1. The standard InChI is InChI=1S/C16H14N4/c1-20-7-6-10-8-11(2-5-15(10)20)16-13-9-12(17)3-4-14(13)18-19-16/h2-9H,17H2,1H3,(H,18,19). The van der Waals surface area contributed by atoms with Crippen molar-refractivity contribution in [3.63, 3.8) is 0 Å². The number of rotatable bonds is 1. The Hall–Kier alpha value is -2.75. The molecule has 0 fully saturated rings. The van der Waals surface area contributed by atoms with Gasteiger partial charge in [0.15, 0.2) is 0 Å². The second kappa shape index (κ2) is 3.87. The van der Waals surface area contributed by atoms with Crippen LogP contribution in [0.5, 0.6) is 0 Å². The minimum Gasteiger partial charge on any atom is -0.399 e. The number of anilines is 1. The van der Waals surface area contributed by atoms with Crippen LogP contribution in [0.25, 0.3) is 33.1 Å². The molecule has 0 bridgehead atoms. The molecule has 98 valence electrons. The second-order valence-corrected chi connectivity index (χ2v) is 5.08. The molecule has 4 rings (SSSR count). The lowest BCUT2D eigenvalue weighted by Crippen LogP contribution is -1.85. The summed E-state index contributed by atoms with van der Waals surface area (Å²) < 4.78 is 2.11. The number of nitrogens with zero attached hydrogens (tertiary/aromatic N) is 2. The third kappa shape index (κ3) is 1.51. The monoisotopic (exact) mass is 262 g/mol. The Morgan fingerprint density at radius 1 is 1.10 bits per heavy atom. The summed E-state index contributed by atoms with van der Waals surface area (Å²) in [5, 5.41) is 9.76. The highest BCUT2D eigenvalue weighted by Crippen LogP contribution is 2.30. The van der Waals surface area contributed by atoms with Gasteiger partial charge < -0.3 is 10.3 Å². The van der Waals surface area contributed by atoms with Gasteiger partial charge in [-0.05, 0) is 36.4 Å². The SMILES string of the molecule is Cn1ccc2cc(-c3n[nH]c4ccc(N)cc34)ccc21. The molecule has 2 aromatic heterocycles. The largest absolute Gasteiger partial charge is 0.399 e. The zero-order valence-corrected chi connectivity index (χ0v) is 11.1. The first-order valence-corrected chi connectivity index (χ1v) is 6.51. The van der Waals surface area contributed by atoms with Gasteiger partial charge in [0.25, 0.3) is 0 Å². The zero-order valence-electron chi connectivity index (χ0n) is 11.1. The Balaban J connectivity index is 1.98. The van der Waals surface area contributed by atoms with Gasteiger partial charge in [0.2, 0.25) is 0 Å². The molecule has 4 nitrogen and oxygen atoms in total. The average molecular weight is 262 g/mol. The fourth-order valence-electron chi connectivity index (χ4n) is 2.68. The predicted octanol–water partition coefficient (Wildman–Crippen LogP) is 3.30. The first-order valence-electron chi connectivity index (χ1n) is 6.51. The molecule has 0 atom stereocenters. The second-order valence-electron chi connectivity index (χ2n) is 5.08. The summed E-state index contributed by atoms with van der Waals surface area (Å²) in [7, 11) is 2.05. The molecule has 4 aromatic rings. The molecule has 2 aromatic carbocycles. The Morgan fingerprint density at radius 2 is 2.00 bits per heavy atom. The van der Waals surface area contributed by atoms with E-state index in [0.717, 1.165) is 27.8 Å². The van der Waals surface area contributed by atoms with Gasteiger partial charge in [0.1, 0.15) is 0 Å². The average Bonchev–Trinajstić information content (AvgIpc) is 3.02. The Morgan fingerprint density at radius 3 is 2.90 bits per heavy atom. The Bertz CT molecular complexity index is 930. The van der Waals surface area contributed by atoms with Crippen molar-refractivity contribution in [2.75, 3.05) is 5.73 Å². The van der Waals surface area contributed by atoms with Gasteiger partial charge in [-0.1, -0.05) is 6.07 Å². The summed E-state index contributed by atoms with van der Waals surface area (Å²) in [5.74, 6) is 0. The first-order chi connectivity index (χ1) is 9.72. The highest BCUT2D eigenvalue weighted by molar-refractivity contribution is 5.97. The van der Waals surface area contributed by atoms with E-state index in [1.54, 1.807) is 0 Å². The quantitative estimate of drug-likeness (QED) is 0.517. The van der Waals surface area contributed by atoms with Crippen LogP contribution in [0, 0.1) is 0 Å². The van der Waals surface area contributed by atoms with Crippen molar-refractivity contribution in [3.8, 4) is 11.3 Å². The van der Waals surface area contributed by atoms with Gasteiger partial charge in [-0.3, -0.25) is 5.10 Å². The van der Waals surface area contributed by atoms with E-state index >= 15 is 0 Å². The van der Waals surface area contributed by atoms with Gasteiger partial charge in [-0.2, -0.15) is 5.10 Å². The summed E-state index contributed by atoms with van der Waals surface area (Å²) in [6.45, 7) is 0. The number of H-pyrrole nitrogens is 1. The number of aromatic nitrogens is 3. The van der Waals surface area contributed by atoms with Crippen molar-refractivity contribution in [3.05, 3.63) is 48.7 Å². The van der Waals surface area contributed by atoms with E-state index in [1.807, 2.05) is 25.2 Å². The fraction of sp³-hybridized carbons (Fsp3) is 0.0625. The number of nitrogen functional groups attached to an aromatic ring is 1. The van der Waals surface area contributed by atoms with Crippen LogP contribution in [-0.2, 0) is 7.05 Å². The molecule has 4 heteroatoms. The molecule has 20 heavy (non-hydrogen) atoms. The summed E-state index contributed by atoms with van der Waals surface area (Å²) in [5.41, 5.74) is 10.9. The first kappa shape index (κ1) is 11.1. The topological polar surface area (TPSA) is 59.6 Å². The molecular weight excluding hydrogens is 248 g/mol. The van der Waals surface area contributed by atoms with E-state index < -0.39 is 0 Å². The van der Waals surface area contributed by atoms with E-state index in [9.17, 15) is 0 Å². The van der Waals surface area contributed by atoms with Gasteiger partial charge in [-0.25, -0.2) is 0 Å². The van der Waals surface area contributed by atoms with Crippen molar-refractivity contribution in [1.29, 1.82) is 0 Å². The molecule has 0 radical (unpaired) electrons. The van der Waals surface area contributed by atoms with Crippen LogP contribution in [0.4, 0.5) is 5.69 Å². The van der Waals surface area contributed by atoms with Gasteiger partial charge >= 0.3 is 0 Å². The van der Waals surface area contributed by atoms with Crippen molar-refractivity contribution in [2.45, 2.75) is 0 Å². The van der Waals surface area contributed by atoms with E-state index in [4.69, 9.17) is 5.73 Å². The van der Waals surface area contributed by atoms with Crippen molar-refractivity contribution < 1.29 is 0 Å². The highest BCUT2D eigenvalue weighted by atomic mass is 15.1. The Labute approximate surface area is 115 Å². The molecule has 0 amide bonds. The third-order valence-corrected chi connectivity index (χ3v) is 3.75. The lowest BCUT2D eigenvalue weighted by molar-refractivity contribution is 0.969. The molecule has 0 unspecified atom stereocenters. The van der Waals surface area contributed by atoms with Crippen molar-refractivity contribution >= 4 is 27.5 Å².